The quantitative estimate of drug-likeness (QED) is 0.578. The Morgan fingerprint density at radius 2 is 1.95 bits per heavy atom. The summed E-state index contributed by atoms with van der Waals surface area (Å²) in [4.78, 5) is 1.95. The van der Waals surface area contributed by atoms with Crippen molar-refractivity contribution in [3.05, 3.63) is 35.4 Å². The zero-order valence-electron chi connectivity index (χ0n) is 11.9. The fraction of sp³-hybridized carbons (Fsp3) is 0.500. The smallest absolute Gasteiger partial charge is 0.231 e. The fourth-order valence-electron chi connectivity index (χ4n) is 4.62. The standard InChI is InChI=1S/C16H17NO5/c18-11-1-2-16(20)15(14(11)19)3-4-17(16)7-9-5-12-13(6-10(9)15)22-8-21-12/h1-2,5-6,11,14,18-20H,3-4,7-8H2. The lowest BCUT2D eigenvalue weighted by Crippen LogP contribution is -2.66. The number of aliphatic hydroxyl groups is 3. The highest BCUT2D eigenvalue weighted by Crippen LogP contribution is 2.58. The fourth-order valence-corrected chi connectivity index (χ4v) is 4.62. The molecule has 6 heteroatoms. The zero-order valence-corrected chi connectivity index (χ0v) is 11.9. The summed E-state index contributed by atoms with van der Waals surface area (Å²) in [6.45, 7) is 1.42. The minimum Gasteiger partial charge on any atom is -0.454 e. The summed E-state index contributed by atoms with van der Waals surface area (Å²) < 4.78 is 10.9. The molecule has 2 bridgehead atoms. The Labute approximate surface area is 127 Å². The van der Waals surface area contributed by atoms with Crippen molar-refractivity contribution in [2.45, 2.75) is 36.3 Å². The van der Waals surface area contributed by atoms with Crippen LogP contribution in [0, 0.1) is 0 Å². The molecule has 116 valence electrons. The SMILES string of the molecule is OC1C=CC2(O)N3CCC2(c2cc4c(cc2C3)OCO4)C1O. The molecule has 22 heavy (non-hydrogen) atoms. The van der Waals surface area contributed by atoms with Crippen LogP contribution in [0.4, 0.5) is 0 Å². The molecular weight excluding hydrogens is 286 g/mol. The van der Waals surface area contributed by atoms with Crippen LogP contribution < -0.4 is 9.47 Å². The van der Waals surface area contributed by atoms with Crippen LogP contribution in [0.15, 0.2) is 24.3 Å². The lowest BCUT2D eigenvalue weighted by molar-refractivity contribution is -0.156. The monoisotopic (exact) mass is 303 g/mol. The summed E-state index contributed by atoms with van der Waals surface area (Å²) in [5.41, 5.74) is -0.348. The highest BCUT2D eigenvalue weighted by Gasteiger charge is 2.67. The first-order chi connectivity index (χ1) is 10.6. The Hall–Kier alpha value is -1.60. The van der Waals surface area contributed by atoms with E-state index in [1.165, 1.54) is 6.08 Å². The molecule has 1 aromatic rings. The molecule has 5 unspecified atom stereocenters. The van der Waals surface area contributed by atoms with Gasteiger partial charge in [0.25, 0.3) is 0 Å². The lowest BCUT2D eigenvalue weighted by Gasteiger charge is -2.53. The van der Waals surface area contributed by atoms with Gasteiger partial charge < -0.3 is 24.8 Å². The summed E-state index contributed by atoms with van der Waals surface area (Å²) >= 11 is 0. The molecule has 6 nitrogen and oxygen atoms in total. The van der Waals surface area contributed by atoms with Crippen molar-refractivity contribution in [2.75, 3.05) is 13.3 Å². The first kappa shape index (κ1) is 12.9. The second-order valence-corrected chi connectivity index (χ2v) is 6.53. The number of aliphatic hydroxyl groups excluding tert-OH is 2. The van der Waals surface area contributed by atoms with Crippen molar-refractivity contribution in [3.8, 4) is 11.5 Å². The second-order valence-electron chi connectivity index (χ2n) is 6.53. The maximum Gasteiger partial charge on any atom is 0.231 e. The van der Waals surface area contributed by atoms with Gasteiger partial charge in [-0.15, -0.1) is 0 Å². The number of rotatable bonds is 0. The predicted molar refractivity (Wildman–Crippen MR) is 75.4 cm³/mol. The maximum absolute atomic E-state index is 11.3. The molecular formula is C16H17NO5. The molecule has 0 spiro atoms. The topological polar surface area (TPSA) is 82.4 Å². The minimum absolute atomic E-state index is 0.185. The van der Waals surface area contributed by atoms with Crippen molar-refractivity contribution in [1.82, 2.24) is 4.90 Å². The van der Waals surface area contributed by atoms with Gasteiger partial charge in [0.15, 0.2) is 11.5 Å². The van der Waals surface area contributed by atoms with Crippen LogP contribution in [-0.4, -0.2) is 51.5 Å². The summed E-state index contributed by atoms with van der Waals surface area (Å²) in [6, 6.07) is 3.79. The normalized spacial score (nSPS) is 43.9. The van der Waals surface area contributed by atoms with Crippen LogP contribution in [0.2, 0.25) is 0 Å². The molecule has 0 amide bonds. The molecule has 0 radical (unpaired) electrons. The summed E-state index contributed by atoms with van der Waals surface area (Å²) in [5, 5.41) is 32.2. The number of benzene rings is 1. The number of ether oxygens (including phenoxy) is 2. The molecule has 1 fully saturated rings. The van der Waals surface area contributed by atoms with E-state index in [1.807, 2.05) is 17.0 Å². The zero-order chi connectivity index (χ0) is 15.1. The van der Waals surface area contributed by atoms with Gasteiger partial charge in [-0.3, -0.25) is 4.90 Å². The first-order valence-electron chi connectivity index (χ1n) is 7.52. The van der Waals surface area contributed by atoms with E-state index in [4.69, 9.17) is 9.47 Å². The van der Waals surface area contributed by atoms with E-state index in [0.717, 1.165) is 11.1 Å². The third-order valence-corrected chi connectivity index (χ3v) is 5.71. The van der Waals surface area contributed by atoms with Gasteiger partial charge in [-0.2, -0.15) is 0 Å². The van der Waals surface area contributed by atoms with Crippen molar-refractivity contribution < 1.29 is 24.8 Å². The number of nitrogens with zero attached hydrogens (tertiary/aromatic N) is 1. The average molecular weight is 303 g/mol. The highest BCUT2D eigenvalue weighted by atomic mass is 16.7. The third-order valence-electron chi connectivity index (χ3n) is 5.71. The molecule has 3 aliphatic heterocycles. The summed E-state index contributed by atoms with van der Waals surface area (Å²) in [6.07, 6.45) is 1.64. The first-order valence-corrected chi connectivity index (χ1v) is 7.52. The second kappa shape index (κ2) is 3.83. The van der Waals surface area contributed by atoms with E-state index in [1.54, 1.807) is 6.08 Å². The Morgan fingerprint density at radius 1 is 1.18 bits per heavy atom. The lowest BCUT2D eigenvalue weighted by atomic mass is 9.61. The van der Waals surface area contributed by atoms with E-state index in [-0.39, 0.29) is 6.79 Å². The van der Waals surface area contributed by atoms with Gasteiger partial charge in [0, 0.05) is 13.1 Å². The van der Waals surface area contributed by atoms with Gasteiger partial charge in [-0.1, -0.05) is 6.08 Å². The van der Waals surface area contributed by atoms with Crippen LogP contribution in [-0.2, 0) is 12.0 Å². The summed E-state index contributed by atoms with van der Waals surface area (Å²) in [5.74, 6) is 1.33. The van der Waals surface area contributed by atoms with Crippen LogP contribution >= 0.6 is 0 Å². The van der Waals surface area contributed by atoms with Crippen molar-refractivity contribution >= 4 is 0 Å². The van der Waals surface area contributed by atoms with E-state index < -0.39 is 23.3 Å². The van der Waals surface area contributed by atoms with Crippen LogP contribution in [0.5, 0.6) is 11.5 Å². The van der Waals surface area contributed by atoms with Gasteiger partial charge >= 0.3 is 0 Å². The molecule has 5 atom stereocenters. The molecule has 1 aliphatic carbocycles. The van der Waals surface area contributed by atoms with Crippen molar-refractivity contribution in [3.63, 3.8) is 0 Å². The molecule has 5 rings (SSSR count). The molecule has 1 aromatic carbocycles. The van der Waals surface area contributed by atoms with Crippen LogP contribution in [0.1, 0.15) is 17.5 Å². The maximum atomic E-state index is 11.3. The predicted octanol–water partition coefficient (Wildman–Crippen LogP) is -0.147. The van der Waals surface area contributed by atoms with Gasteiger partial charge in [-0.25, -0.2) is 0 Å². The van der Waals surface area contributed by atoms with E-state index >= 15 is 0 Å². The Morgan fingerprint density at radius 3 is 2.77 bits per heavy atom. The van der Waals surface area contributed by atoms with Crippen molar-refractivity contribution in [2.24, 2.45) is 0 Å². The average Bonchev–Trinajstić information content (AvgIpc) is 3.02. The van der Waals surface area contributed by atoms with Crippen molar-refractivity contribution in [1.29, 1.82) is 0 Å². The van der Waals surface area contributed by atoms with E-state index in [9.17, 15) is 15.3 Å². The molecule has 3 heterocycles. The highest BCUT2D eigenvalue weighted by molar-refractivity contribution is 5.56. The van der Waals surface area contributed by atoms with Crippen LogP contribution in [0.25, 0.3) is 0 Å². The summed E-state index contributed by atoms with van der Waals surface area (Å²) in [7, 11) is 0. The van der Waals surface area contributed by atoms with Gasteiger partial charge in [-0.05, 0) is 35.8 Å². The van der Waals surface area contributed by atoms with Gasteiger partial charge in [0.1, 0.15) is 5.72 Å². The van der Waals surface area contributed by atoms with Crippen LogP contribution in [0.3, 0.4) is 0 Å². The largest absolute Gasteiger partial charge is 0.454 e. The van der Waals surface area contributed by atoms with Gasteiger partial charge in [0.05, 0.1) is 17.6 Å². The number of fused-ring (bicyclic) bond motifs is 2. The molecule has 0 aromatic heterocycles. The molecule has 1 saturated heterocycles. The molecule has 4 aliphatic rings. The Kier molecular flexibility index (Phi) is 2.25. The van der Waals surface area contributed by atoms with E-state index in [0.29, 0.717) is 31.0 Å². The number of hydrogen-bond donors (Lipinski definition) is 3. The number of hydrogen-bond acceptors (Lipinski definition) is 6. The Balaban J connectivity index is 1.80. The Bertz CT molecular complexity index is 704. The molecule has 0 saturated carbocycles. The third kappa shape index (κ3) is 1.23. The van der Waals surface area contributed by atoms with Gasteiger partial charge in [0.2, 0.25) is 6.79 Å². The van der Waals surface area contributed by atoms with E-state index in [2.05, 4.69) is 0 Å². The molecule has 3 N–H and O–H groups in total. The minimum atomic E-state index is -1.27.